The molecule has 1 atom stereocenters. The minimum absolute atomic E-state index is 0.0258. The van der Waals surface area contributed by atoms with Gasteiger partial charge >= 0.3 is 0 Å². The normalized spacial score (nSPS) is 12.8. The van der Waals surface area contributed by atoms with E-state index in [2.05, 4.69) is 6.07 Å². The van der Waals surface area contributed by atoms with Gasteiger partial charge in [0.15, 0.2) is 11.5 Å². The van der Waals surface area contributed by atoms with Gasteiger partial charge in [-0.1, -0.05) is 54.6 Å². The fourth-order valence-corrected chi connectivity index (χ4v) is 5.36. The number of hydrogen-bond acceptors (Lipinski definition) is 5. The molecule has 4 aromatic rings. The molecule has 0 aliphatic carbocycles. The topological polar surface area (TPSA) is 51.7 Å². The average molecular weight is 461 g/mol. The number of likely N-dealkylation sites (N-methyl/N-ethyl adjacent to an activating group) is 1. The van der Waals surface area contributed by atoms with E-state index >= 15 is 0 Å². The van der Waals surface area contributed by atoms with Crippen molar-refractivity contribution in [3.8, 4) is 11.5 Å². The summed E-state index contributed by atoms with van der Waals surface area (Å²) in [6.07, 6.45) is 0.523. The highest BCUT2D eigenvalue weighted by molar-refractivity contribution is 7.18. The molecule has 0 saturated heterocycles. The number of carbonyl (C=O) groups excluding carboxylic acids is 1. The van der Waals surface area contributed by atoms with Crippen LogP contribution in [0.4, 0.5) is 0 Å². The molecule has 0 aliphatic rings. The Hall–Kier alpha value is -3.38. The first-order valence-electron chi connectivity index (χ1n) is 10.8. The van der Waals surface area contributed by atoms with Crippen LogP contribution >= 0.6 is 11.3 Å². The van der Waals surface area contributed by atoms with Crippen LogP contribution in [0.1, 0.15) is 23.1 Å². The number of para-hydroxylation sites is 2. The van der Waals surface area contributed by atoms with Crippen LogP contribution in [0.3, 0.4) is 0 Å². The second kappa shape index (κ2) is 9.63. The van der Waals surface area contributed by atoms with Gasteiger partial charge in [-0.05, 0) is 30.7 Å². The summed E-state index contributed by atoms with van der Waals surface area (Å²) in [7, 11) is 5.06. The van der Waals surface area contributed by atoms with E-state index < -0.39 is 5.41 Å². The zero-order chi connectivity index (χ0) is 23.4. The molecule has 0 saturated carbocycles. The second-order valence-corrected chi connectivity index (χ2v) is 9.38. The Kier molecular flexibility index (Phi) is 6.65. The number of ether oxygens (including phenoxy) is 2. The highest BCUT2D eigenvalue weighted by Gasteiger charge is 2.38. The third-order valence-electron chi connectivity index (χ3n) is 5.96. The van der Waals surface area contributed by atoms with Crippen molar-refractivity contribution in [3.63, 3.8) is 0 Å². The van der Waals surface area contributed by atoms with Crippen molar-refractivity contribution in [1.29, 1.82) is 0 Å². The lowest BCUT2D eigenvalue weighted by atomic mass is 9.78. The SMILES string of the molecule is COc1cccc(CN(C)C(=O)C(C)(Cc2nc3ccccc3s2)c2ccccc2)c1OC. The van der Waals surface area contributed by atoms with Crippen LogP contribution < -0.4 is 9.47 Å². The predicted octanol–water partition coefficient (Wildman–Crippen LogP) is 5.47. The largest absolute Gasteiger partial charge is 0.493 e. The lowest BCUT2D eigenvalue weighted by Gasteiger charge is -2.33. The molecule has 6 heteroatoms. The van der Waals surface area contributed by atoms with Gasteiger partial charge in [0, 0.05) is 25.6 Å². The molecule has 1 aromatic heterocycles. The molecule has 0 radical (unpaired) electrons. The first-order chi connectivity index (χ1) is 16.0. The highest BCUT2D eigenvalue weighted by Crippen LogP contribution is 2.35. The monoisotopic (exact) mass is 460 g/mol. The van der Waals surface area contributed by atoms with Crippen LogP contribution in [-0.4, -0.2) is 37.1 Å². The van der Waals surface area contributed by atoms with Crippen LogP contribution in [0.25, 0.3) is 10.2 Å². The van der Waals surface area contributed by atoms with Gasteiger partial charge in [0.1, 0.15) is 0 Å². The third-order valence-corrected chi connectivity index (χ3v) is 7.00. The minimum atomic E-state index is -0.768. The van der Waals surface area contributed by atoms with Crippen LogP contribution in [0.5, 0.6) is 11.5 Å². The van der Waals surface area contributed by atoms with Crippen molar-refractivity contribution < 1.29 is 14.3 Å². The lowest BCUT2D eigenvalue weighted by molar-refractivity contribution is -0.136. The maximum Gasteiger partial charge on any atom is 0.233 e. The zero-order valence-corrected chi connectivity index (χ0v) is 20.2. The van der Waals surface area contributed by atoms with Gasteiger partial charge in [-0.15, -0.1) is 11.3 Å². The molecule has 33 heavy (non-hydrogen) atoms. The first kappa shape index (κ1) is 22.8. The van der Waals surface area contributed by atoms with Crippen molar-refractivity contribution in [3.05, 3.63) is 88.9 Å². The maximum atomic E-state index is 14.0. The summed E-state index contributed by atoms with van der Waals surface area (Å²) >= 11 is 1.64. The lowest BCUT2D eigenvalue weighted by Crippen LogP contribution is -2.44. The highest BCUT2D eigenvalue weighted by atomic mass is 32.1. The van der Waals surface area contributed by atoms with E-state index in [1.165, 1.54) is 0 Å². The van der Waals surface area contributed by atoms with Crippen LogP contribution in [0.2, 0.25) is 0 Å². The Balaban J connectivity index is 1.68. The van der Waals surface area contributed by atoms with Crippen molar-refractivity contribution >= 4 is 27.5 Å². The number of methoxy groups -OCH3 is 2. The van der Waals surface area contributed by atoms with E-state index in [4.69, 9.17) is 14.5 Å². The van der Waals surface area contributed by atoms with E-state index in [0.717, 1.165) is 26.4 Å². The number of hydrogen-bond donors (Lipinski definition) is 0. The zero-order valence-electron chi connectivity index (χ0n) is 19.4. The van der Waals surface area contributed by atoms with Crippen LogP contribution in [-0.2, 0) is 23.2 Å². The van der Waals surface area contributed by atoms with Gasteiger partial charge in [-0.3, -0.25) is 4.79 Å². The fourth-order valence-electron chi connectivity index (χ4n) is 4.23. The minimum Gasteiger partial charge on any atom is -0.493 e. The number of carbonyl (C=O) groups is 1. The van der Waals surface area contributed by atoms with Crippen LogP contribution in [0.15, 0.2) is 72.8 Å². The number of benzene rings is 3. The summed E-state index contributed by atoms with van der Waals surface area (Å²) in [5, 5.41) is 0.947. The maximum absolute atomic E-state index is 14.0. The smallest absolute Gasteiger partial charge is 0.233 e. The summed E-state index contributed by atoms with van der Waals surface area (Å²) in [6, 6.07) is 23.8. The Morgan fingerprint density at radius 2 is 1.70 bits per heavy atom. The van der Waals surface area contributed by atoms with Gasteiger partial charge in [-0.25, -0.2) is 4.98 Å². The van der Waals surface area contributed by atoms with Crippen molar-refractivity contribution in [2.24, 2.45) is 0 Å². The van der Waals surface area contributed by atoms with Crippen molar-refractivity contribution in [1.82, 2.24) is 9.88 Å². The average Bonchev–Trinajstić information content (AvgIpc) is 3.25. The van der Waals surface area contributed by atoms with E-state index in [0.29, 0.717) is 24.5 Å². The molecule has 1 heterocycles. The predicted molar refractivity (Wildman–Crippen MR) is 133 cm³/mol. The fraction of sp³-hybridized carbons (Fsp3) is 0.259. The third kappa shape index (κ3) is 4.57. The molecule has 170 valence electrons. The summed E-state index contributed by atoms with van der Waals surface area (Å²) in [5.74, 6) is 1.32. The number of fused-ring (bicyclic) bond motifs is 1. The van der Waals surface area contributed by atoms with E-state index in [1.807, 2.05) is 80.7 Å². The van der Waals surface area contributed by atoms with Gasteiger partial charge in [0.2, 0.25) is 5.91 Å². The number of aromatic nitrogens is 1. The molecule has 3 aromatic carbocycles. The van der Waals surface area contributed by atoms with E-state index in [9.17, 15) is 4.79 Å². The van der Waals surface area contributed by atoms with Crippen molar-refractivity contribution in [2.45, 2.75) is 25.3 Å². The second-order valence-electron chi connectivity index (χ2n) is 8.26. The Bertz CT molecular complexity index is 1220. The van der Waals surface area contributed by atoms with Crippen molar-refractivity contribution in [2.75, 3.05) is 21.3 Å². The molecule has 0 spiro atoms. The molecule has 1 amide bonds. The summed E-state index contributed by atoms with van der Waals surface area (Å²) in [4.78, 5) is 20.5. The summed E-state index contributed by atoms with van der Waals surface area (Å²) in [5.41, 5.74) is 2.06. The number of thiazole rings is 1. The van der Waals surface area contributed by atoms with Gasteiger partial charge < -0.3 is 14.4 Å². The van der Waals surface area contributed by atoms with Gasteiger partial charge in [0.05, 0.1) is 34.9 Å². The Morgan fingerprint density at radius 1 is 0.970 bits per heavy atom. The molecular formula is C27H28N2O3S. The first-order valence-corrected chi connectivity index (χ1v) is 11.6. The molecule has 1 unspecified atom stereocenters. The van der Waals surface area contributed by atoms with Gasteiger partial charge in [0.25, 0.3) is 0 Å². The van der Waals surface area contributed by atoms with Gasteiger partial charge in [-0.2, -0.15) is 0 Å². The Morgan fingerprint density at radius 3 is 2.39 bits per heavy atom. The summed E-state index contributed by atoms with van der Waals surface area (Å²) < 4.78 is 12.1. The molecular weight excluding hydrogens is 432 g/mol. The molecule has 0 fully saturated rings. The molecule has 4 rings (SSSR count). The number of nitrogens with zero attached hydrogens (tertiary/aromatic N) is 2. The molecule has 0 bridgehead atoms. The van der Waals surface area contributed by atoms with E-state index in [1.54, 1.807) is 30.5 Å². The quantitative estimate of drug-likeness (QED) is 0.350. The standard InChI is InChI=1S/C27H28N2O3S/c1-27(20-12-6-5-7-13-20,17-24-28-21-14-8-9-16-23(21)33-24)26(30)29(2)18-19-11-10-15-22(31-3)25(19)32-4/h5-16H,17-18H2,1-4H3. The van der Waals surface area contributed by atoms with E-state index in [-0.39, 0.29) is 5.91 Å². The van der Waals surface area contributed by atoms with Crippen LogP contribution in [0, 0.1) is 0 Å². The Labute approximate surface area is 198 Å². The molecule has 0 N–H and O–H groups in total. The summed E-state index contributed by atoms with van der Waals surface area (Å²) in [6.45, 7) is 2.41. The number of rotatable bonds is 8. The number of amides is 1. The molecule has 5 nitrogen and oxygen atoms in total. The molecule has 0 aliphatic heterocycles.